The first-order valence-corrected chi connectivity index (χ1v) is 14.3. The van der Waals surface area contributed by atoms with Gasteiger partial charge in [-0.1, -0.05) is 68.4 Å². The molecular weight excluding hydrogens is 526 g/mol. The fraction of sp³-hybridized carbons (Fsp3) is 0.265. The molecule has 0 radical (unpaired) electrons. The highest BCUT2D eigenvalue weighted by Crippen LogP contribution is 2.44. The molecule has 0 fully saturated rings. The van der Waals surface area contributed by atoms with Gasteiger partial charge in [0.1, 0.15) is 11.7 Å². The van der Waals surface area contributed by atoms with Crippen LogP contribution in [0.5, 0.6) is 0 Å². The van der Waals surface area contributed by atoms with E-state index in [9.17, 15) is 14.4 Å². The van der Waals surface area contributed by atoms with E-state index in [0.717, 1.165) is 27.7 Å². The molecule has 42 heavy (non-hydrogen) atoms. The van der Waals surface area contributed by atoms with Gasteiger partial charge in [0.05, 0.1) is 17.4 Å². The lowest BCUT2D eigenvalue weighted by Gasteiger charge is -2.34. The van der Waals surface area contributed by atoms with Gasteiger partial charge in [-0.3, -0.25) is 19.1 Å². The van der Waals surface area contributed by atoms with Crippen molar-refractivity contribution >= 4 is 28.4 Å². The minimum Gasteiger partial charge on any atom is -0.358 e. The van der Waals surface area contributed by atoms with Gasteiger partial charge in [0.2, 0.25) is 5.91 Å². The topological polar surface area (TPSA) is 92.1 Å². The van der Waals surface area contributed by atoms with E-state index in [1.165, 1.54) is 4.68 Å². The molecule has 0 bridgehead atoms. The number of amides is 2. The molecule has 0 saturated heterocycles. The molecule has 2 N–H and O–H groups in total. The van der Waals surface area contributed by atoms with Crippen LogP contribution in [-0.2, 0) is 11.8 Å². The minimum absolute atomic E-state index is 0.111. The Morgan fingerprint density at radius 3 is 2.33 bits per heavy atom. The Kier molecular flexibility index (Phi) is 6.85. The van der Waals surface area contributed by atoms with Crippen molar-refractivity contribution in [1.82, 2.24) is 19.2 Å². The van der Waals surface area contributed by atoms with Crippen LogP contribution < -0.4 is 10.9 Å². The molecule has 2 aromatic heterocycles. The molecule has 2 unspecified atom stereocenters. The summed E-state index contributed by atoms with van der Waals surface area (Å²) in [6.07, 6.45) is 0.433. The zero-order valence-corrected chi connectivity index (χ0v) is 24.5. The highest BCUT2D eigenvalue weighted by molar-refractivity contribution is 6.05. The van der Waals surface area contributed by atoms with Crippen molar-refractivity contribution in [3.8, 4) is 5.69 Å². The molecule has 3 aromatic carbocycles. The second-order valence-electron chi connectivity index (χ2n) is 11.5. The van der Waals surface area contributed by atoms with Crippen molar-refractivity contribution < 1.29 is 9.59 Å². The molecule has 5 aromatic rings. The van der Waals surface area contributed by atoms with Crippen LogP contribution in [0.3, 0.4) is 0 Å². The molecule has 2 amide bonds. The summed E-state index contributed by atoms with van der Waals surface area (Å²) in [5.74, 6) is -0.453. The van der Waals surface area contributed by atoms with Crippen LogP contribution in [-0.4, -0.2) is 37.1 Å². The molecule has 8 nitrogen and oxygen atoms in total. The summed E-state index contributed by atoms with van der Waals surface area (Å²) in [6, 6.07) is 23.7. The Labute approximate surface area is 244 Å². The third-order valence-corrected chi connectivity index (χ3v) is 8.35. The number of carbonyl (C=O) groups is 2. The van der Waals surface area contributed by atoms with Crippen molar-refractivity contribution in [2.45, 2.75) is 46.2 Å². The zero-order valence-electron chi connectivity index (χ0n) is 24.5. The monoisotopic (exact) mass is 561 g/mol. The van der Waals surface area contributed by atoms with Crippen molar-refractivity contribution in [3.63, 3.8) is 0 Å². The van der Waals surface area contributed by atoms with Crippen LogP contribution in [0.2, 0.25) is 0 Å². The minimum atomic E-state index is -0.813. The van der Waals surface area contributed by atoms with E-state index in [-0.39, 0.29) is 29.0 Å². The van der Waals surface area contributed by atoms with Gasteiger partial charge in [-0.2, -0.15) is 0 Å². The number of rotatable bonds is 7. The summed E-state index contributed by atoms with van der Waals surface area (Å²) in [7, 11) is 1.79. The van der Waals surface area contributed by atoms with Crippen LogP contribution >= 0.6 is 0 Å². The summed E-state index contributed by atoms with van der Waals surface area (Å²) in [5, 5.41) is 3.98. The fourth-order valence-electron chi connectivity index (χ4n) is 6.32. The summed E-state index contributed by atoms with van der Waals surface area (Å²) >= 11 is 0. The summed E-state index contributed by atoms with van der Waals surface area (Å²) in [4.78, 5) is 47.3. The van der Waals surface area contributed by atoms with E-state index in [0.29, 0.717) is 23.4 Å². The Morgan fingerprint density at radius 1 is 0.929 bits per heavy atom. The predicted molar refractivity (Wildman–Crippen MR) is 165 cm³/mol. The normalized spacial score (nSPS) is 15.4. The van der Waals surface area contributed by atoms with E-state index >= 15 is 0 Å². The SMILES string of the molecule is Cc1[nH]c2ccccc2c1C1c2ccccc2C(=O)N1C(CC(C)C)C(=O)Nc1c(C)n(C)n(-c2ccccc2)c1=O. The first-order chi connectivity index (χ1) is 20.2. The first-order valence-electron chi connectivity index (χ1n) is 14.3. The molecule has 0 saturated carbocycles. The van der Waals surface area contributed by atoms with Gasteiger partial charge in [0.15, 0.2) is 0 Å². The maximum Gasteiger partial charge on any atom is 0.295 e. The molecule has 1 aliphatic rings. The van der Waals surface area contributed by atoms with Gasteiger partial charge in [0.25, 0.3) is 11.5 Å². The average molecular weight is 562 g/mol. The number of hydrogen-bond acceptors (Lipinski definition) is 3. The number of nitrogens with one attached hydrogen (secondary N) is 2. The number of aromatic amines is 1. The molecule has 1 aliphatic heterocycles. The Hall–Kier alpha value is -4.85. The van der Waals surface area contributed by atoms with Gasteiger partial charge < -0.3 is 15.2 Å². The van der Waals surface area contributed by atoms with Crippen LogP contribution in [0.25, 0.3) is 16.6 Å². The van der Waals surface area contributed by atoms with Gasteiger partial charge in [-0.05, 0) is 56.0 Å². The van der Waals surface area contributed by atoms with Gasteiger partial charge in [-0.15, -0.1) is 0 Å². The number of nitrogens with zero attached hydrogens (tertiary/aromatic N) is 3. The lowest BCUT2D eigenvalue weighted by atomic mass is 9.93. The van der Waals surface area contributed by atoms with Crippen LogP contribution in [0.15, 0.2) is 83.7 Å². The smallest absolute Gasteiger partial charge is 0.295 e. The maximum absolute atomic E-state index is 14.3. The second-order valence-corrected chi connectivity index (χ2v) is 11.5. The third kappa shape index (κ3) is 4.34. The number of hydrogen-bond donors (Lipinski definition) is 2. The predicted octanol–water partition coefficient (Wildman–Crippen LogP) is 5.87. The maximum atomic E-state index is 14.3. The molecule has 214 valence electrons. The number of fused-ring (bicyclic) bond motifs is 2. The van der Waals surface area contributed by atoms with E-state index < -0.39 is 12.1 Å². The first kappa shape index (κ1) is 27.3. The third-order valence-electron chi connectivity index (χ3n) is 8.35. The number of aromatic nitrogens is 3. The highest BCUT2D eigenvalue weighted by atomic mass is 16.2. The Morgan fingerprint density at radius 2 is 1.60 bits per heavy atom. The largest absolute Gasteiger partial charge is 0.358 e. The lowest BCUT2D eigenvalue weighted by Crippen LogP contribution is -2.47. The van der Waals surface area contributed by atoms with Crippen LogP contribution in [0, 0.1) is 19.8 Å². The average Bonchev–Trinajstić information content (AvgIpc) is 3.53. The van der Waals surface area contributed by atoms with E-state index in [1.807, 2.05) is 100 Å². The molecule has 0 aliphatic carbocycles. The van der Waals surface area contributed by atoms with E-state index in [4.69, 9.17) is 0 Å². The van der Waals surface area contributed by atoms with E-state index in [1.54, 1.807) is 16.6 Å². The van der Waals surface area contributed by atoms with Crippen LogP contribution in [0.1, 0.15) is 59.2 Å². The summed E-state index contributed by atoms with van der Waals surface area (Å²) < 4.78 is 3.27. The van der Waals surface area contributed by atoms with Gasteiger partial charge in [0, 0.05) is 34.8 Å². The van der Waals surface area contributed by atoms with Gasteiger partial charge >= 0.3 is 0 Å². The zero-order chi connectivity index (χ0) is 29.7. The number of carbonyl (C=O) groups excluding carboxylic acids is 2. The summed E-state index contributed by atoms with van der Waals surface area (Å²) in [5.41, 5.74) is 5.59. The number of aryl methyl sites for hydroxylation is 1. The molecule has 6 rings (SSSR count). The molecule has 8 heteroatoms. The molecule has 3 heterocycles. The Balaban J connectivity index is 1.46. The van der Waals surface area contributed by atoms with Crippen molar-refractivity contribution in [1.29, 1.82) is 0 Å². The highest BCUT2D eigenvalue weighted by Gasteiger charge is 2.45. The quantitative estimate of drug-likeness (QED) is 0.260. The van der Waals surface area contributed by atoms with Crippen molar-refractivity contribution in [2.24, 2.45) is 13.0 Å². The van der Waals surface area contributed by atoms with Crippen molar-refractivity contribution in [3.05, 3.63) is 117 Å². The van der Waals surface area contributed by atoms with Gasteiger partial charge in [-0.25, -0.2) is 4.68 Å². The standard InChI is InChI=1S/C34H35N5O3/c1-20(2)19-28(32(40)36-30-22(4)37(5)39(34(30)42)23-13-7-6-8-14-23)38-31(24-15-9-10-16-25(24)33(38)41)29-21(3)35-27-18-12-11-17-26(27)29/h6-18,20,28,31,35H,19H2,1-5H3,(H,36,40). The number of anilines is 1. The number of H-pyrrole nitrogens is 1. The number of benzene rings is 3. The molecule has 2 atom stereocenters. The molecule has 0 spiro atoms. The van der Waals surface area contributed by atoms with E-state index in [2.05, 4.69) is 16.4 Å². The molecular formula is C34H35N5O3. The summed E-state index contributed by atoms with van der Waals surface area (Å²) in [6.45, 7) is 7.89. The Bertz CT molecular complexity index is 1880. The number of para-hydroxylation sites is 2. The second kappa shape index (κ2) is 10.5. The lowest BCUT2D eigenvalue weighted by molar-refractivity contribution is -0.121. The fourth-order valence-corrected chi connectivity index (χ4v) is 6.32. The van der Waals surface area contributed by atoms with Crippen molar-refractivity contribution in [2.75, 3.05) is 5.32 Å². The van der Waals surface area contributed by atoms with Crippen LogP contribution in [0.4, 0.5) is 5.69 Å².